The summed E-state index contributed by atoms with van der Waals surface area (Å²) in [7, 11) is 0. The minimum atomic E-state index is 0.223. The Morgan fingerprint density at radius 2 is 1.86 bits per heavy atom. The van der Waals surface area contributed by atoms with E-state index < -0.39 is 0 Å². The highest BCUT2D eigenvalue weighted by Gasteiger charge is 2.05. The van der Waals surface area contributed by atoms with Crippen LogP contribution in [0.25, 0.3) is 0 Å². The molecule has 0 aliphatic carbocycles. The molecule has 1 heteroatoms. The third-order valence-electron chi connectivity index (χ3n) is 1.34. The zero-order valence-electron chi connectivity index (χ0n) is 4.41. The average molecular weight is 96.2 g/mol. The van der Waals surface area contributed by atoms with Crippen LogP contribution in [0.5, 0.6) is 0 Å². The Morgan fingerprint density at radius 1 is 1.29 bits per heavy atom. The molecule has 3 radical (unpaired) electrons. The maximum atomic E-state index is 7.23. The molecule has 7 heavy (non-hydrogen) atoms. The molecule has 1 saturated heterocycles. The Labute approximate surface area is 45.1 Å². The van der Waals surface area contributed by atoms with Crippen molar-refractivity contribution in [2.45, 2.75) is 12.8 Å². The largest absolute Gasteiger partial charge is 0.317 e. The highest BCUT2D eigenvalue weighted by atomic mass is 14.9. The van der Waals surface area contributed by atoms with E-state index in [9.17, 15) is 0 Å². The van der Waals surface area contributed by atoms with Gasteiger partial charge in [-0.05, 0) is 38.8 Å². The summed E-state index contributed by atoms with van der Waals surface area (Å²) in [6.07, 6.45) is 2.08. The first kappa shape index (κ1) is 5.10. The van der Waals surface area contributed by atoms with Crippen LogP contribution in [0.2, 0.25) is 0 Å². The number of rotatable bonds is 0. The van der Waals surface area contributed by atoms with E-state index in [0.29, 0.717) is 0 Å². The second kappa shape index (κ2) is 2.31. The molecule has 0 aromatic rings. The molecule has 0 bridgehead atoms. The van der Waals surface area contributed by atoms with Gasteiger partial charge < -0.3 is 5.32 Å². The van der Waals surface area contributed by atoms with Gasteiger partial charge in [-0.2, -0.15) is 0 Å². The molecule has 0 saturated carbocycles. The lowest BCUT2D eigenvalue weighted by atomic mass is 10.0. The van der Waals surface area contributed by atoms with Crippen LogP contribution in [0.1, 0.15) is 12.8 Å². The Balaban J connectivity index is 2.12. The lowest BCUT2D eigenvalue weighted by Gasteiger charge is -2.16. The van der Waals surface area contributed by atoms with Crippen molar-refractivity contribution in [2.75, 3.05) is 13.1 Å². The fourth-order valence-electron chi connectivity index (χ4n) is 0.822. The zero-order valence-corrected chi connectivity index (χ0v) is 4.41. The quantitative estimate of drug-likeness (QED) is 0.465. The fraction of sp³-hybridized carbons (Fsp3) is 0.833. The molecule has 1 heterocycles. The van der Waals surface area contributed by atoms with Gasteiger partial charge in [0.05, 0.1) is 0 Å². The molecule has 0 aromatic heterocycles. The average Bonchev–Trinajstić information content (AvgIpc) is 1.69. The lowest BCUT2D eigenvalue weighted by molar-refractivity contribution is 0.434. The second-order valence-electron chi connectivity index (χ2n) is 2.02. The van der Waals surface area contributed by atoms with Crippen molar-refractivity contribution in [2.24, 2.45) is 5.92 Å². The Morgan fingerprint density at radius 3 is 2.14 bits per heavy atom. The van der Waals surface area contributed by atoms with Crippen LogP contribution in [0.15, 0.2) is 0 Å². The van der Waals surface area contributed by atoms with E-state index in [0.717, 1.165) is 25.9 Å². The van der Waals surface area contributed by atoms with E-state index in [-0.39, 0.29) is 5.92 Å². The lowest BCUT2D eigenvalue weighted by Crippen LogP contribution is -2.26. The van der Waals surface area contributed by atoms with Crippen molar-refractivity contribution in [3.8, 4) is 0 Å². The van der Waals surface area contributed by atoms with E-state index in [1.54, 1.807) is 0 Å². The fourth-order valence-corrected chi connectivity index (χ4v) is 0.822. The van der Waals surface area contributed by atoms with Crippen molar-refractivity contribution in [1.29, 1.82) is 0 Å². The monoisotopic (exact) mass is 96.1 g/mol. The van der Waals surface area contributed by atoms with E-state index in [4.69, 9.17) is 6.92 Å². The molecule has 1 fully saturated rings. The molecule has 1 rings (SSSR count). The van der Waals surface area contributed by atoms with Crippen LogP contribution in [0, 0.1) is 12.8 Å². The summed E-state index contributed by atoms with van der Waals surface area (Å²) in [5, 5.41) is 3.20. The molecule has 0 spiro atoms. The molecule has 39 valence electrons. The van der Waals surface area contributed by atoms with E-state index >= 15 is 0 Å². The van der Waals surface area contributed by atoms with E-state index in [2.05, 4.69) is 5.32 Å². The molecule has 0 amide bonds. The van der Waals surface area contributed by atoms with E-state index in [1.165, 1.54) is 0 Å². The maximum Gasteiger partial charge on any atom is -0.00461 e. The summed E-state index contributed by atoms with van der Waals surface area (Å²) in [4.78, 5) is 0. The number of piperidine rings is 1. The summed E-state index contributed by atoms with van der Waals surface area (Å²) in [5.74, 6) is 0.223. The molecular formula is C6H10N. The first-order valence-corrected chi connectivity index (χ1v) is 2.81. The molecule has 1 aliphatic rings. The normalized spacial score (nSPS) is 25.3. The molecule has 0 unspecified atom stereocenters. The Bertz CT molecular complexity index is 46.1. The molecule has 1 N–H and O–H groups in total. The number of nitrogens with one attached hydrogen (secondary N) is 1. The smallest absolute Gasteiger partial charge is 0.00461 e. The zero-order chi connectivity index (χ0) is 5.11. The minimum absolute atomic E-state index is 0.223. The minimum Gasteiger partial charge on any atom is -0.317 e. The first-order valence-electron chi connectivity index (χ1n) is 2.81. The third kappa shape index (κ3) is 1.48. The van der Waals surface area contributed by atoms with E-state index in [1.807, 2.05) is 0 Å². The van der Waals surface area contributed by atoms with Crippen molar-refractivity contribution in [3.63, 3.8) is 0 Å². The van der Waals surface area contributed by atoms with Gasteiger partial charge in [-0.3, -0.25) is 0 Å². The summed E-state index contributed by atoms with van der Waals surface area (Å²) >= 11 is 0. The van der Waals surface area contributed by atoms with Gasteiger partial charge in [-0.25, -0.2) is 0 Å². The van der Waals surface area contributed by atoms with Gasteiger partial charge in [0.25, 0.3) is 0 Å². The van der Waals surface area contributed by atoms with Crippen molar-refractivity contribution < 1.29 is 0 Å². The summed E-state index contributed by atoms with van der Waals surface area (Å²) in [6.45, 7) is 9.33. The van der Waals surface area contributed by atoms with Crippen LogP contribution in [-0.2, 0) is 0 Å². The predicted molar refractivity (Wildman–Crippen MR) is 28.8 cm³/mol. The maximum absolute atomic E-state index is 7.23. The van der Waals surface area contributed by atoms with Gasteiger partial charge in [0.1, 0.15) is 0 Å². The van der Waals surface area contributed by atoms with Crippen LogP contribution in [0.3, 0.4) is 0 Å². The summed E-state index contributed by atoms with van der Waals surface area (Å²) in [6, 6.07) is 0. The van der Waals surface area contributed by atoms with Gasteiger partial charge in [-0.1, -0.05) is 0 Å². The molecule has 0 aromatic carbocycles. The number of hydrogen-bond acceptors (Lipinski definition) is 1. The van der Waals surface area contributed by atoms with Crippen molar-refractivity contribution in [1.82, 2.24) is 5.32 Å². The molecule has 0 atom stereocenters. The van der Waals surface area contributed by atoms with Crippen LogP contribution in [-0.4, -0.2) is 13.1 Å². The topological polar surface area (TPSA) is 12.0 Å². The van der Waals surface area contributed by atoms with Crippen LogP contribution in [0.4, 0.5) is 0 Å². The number of hydrogen-bond donors (Lipinski definition) is 1. The Hall–Kier alpha value is -0.0400. The standard InChI is InChI=1S/C6H10N/c1-6-2-4-7-5-3-6/h6-7H,2-5H2. The van der Waals surface area contributed by atoms with Crippen molar-refractivity contribution in [3.05, 3.63) is 6.92 Å². The van der Waals surface area contributed by atoms with Crippen LogP contribution >= 0.6 is 0 Å². The third-order valence-corrected chi connectivity index (χ3v) is 1.34. The SMILES string of the molecule is [C]C1CCNCC1. The molecule has 1 aliphatic heterocycles. The Kier molecular flexibility index (Phi) is 1.69. The molecule has 1 nitrogen and oxygen atoms in total. The summed E-state index contributed by atoms with van der Waals surface area (Å²) < 4.78 is 0. The highest BCUT2D eigenvalue weighted by Crippen LogP contribution is 2.07. The molecular weight excluding hydrogens is 86.1 g/mol. The van der Waals surface area contributed by atoms with Gasteiger partial charge in [-0.15, -0.1) is 0 Å². The van der Waals surface area contributed by atoms with Gasteiger partial charge in [0, 0.05) is 0 Å². The summed E-state index contributed by atoms with van der Waals surface area (Å²) in [5.41, 5.74) is 0. The van der Waals surface area contributed by atoms with Gasteiger partial charge in [0.15, 0.2) is 0 Å². The van der Waals surface area contributed by atoms with Crippen molar-refractivity contribution >= 4 is 0 Å². The van der Waals surface area contributed by atoms with Gasteiger partial charge >= 0.3 is 0 Å². The first-order chi connectivity index (χ1) is 3.39. The second-order valence-corrected chi connectivity index (χ2v) is 2.02. The van der Waals surface area contributed by atoms with Gasteiger partial charge in [0.2, 0.25) is 0 Å². The van der Waals surface area contributed by atoms with Crippen LogP contribution < -0.4 is 5.32 Å². The predicted octanol–water partition coefficient (Wildman–Crippen LogP) is 0.574. The highest BCUT2D eigenvalue weighted by molar-refractivity contribution is 4.68.